The summed E-state index contributed by atoms with van der Waals surface area (Å²) < 4.78 is 1.20. The fraction of sp³-hybridized carbons (Fsp3) is 0.267. The van der Waals surface area contributed by atoms with Gasteiger partial charge in [-0.25, -0.2) is 14.2 Å². The van der Waals surface area contributed by atoms with Crippen LogP contribution in [0.3, 0.4) is 0 Å². The van der Waals surface area contributed by atoms with Crippen LogP contribution in [0.2, 0.25) is 0 Å². The third-order valence-electron chi connectivity index (χ3n) is 6.89. The van der Waals surface area contributed by atoms with Gasteiger partial charge in [-0.2, -0.15) is 0 Å². The van der Waals surface area contributed by atoms with Crippen molar-refractivity contribution in [3.8, 4) is 0 Å². The number of rotatable bonds is 8. The van der Waals surface area contributed by atoms with Crippen LogP contribution in [0, 0.1) is 0 Å². The Balaban J connectivity index is 1.14. The van der Waals surface area contributed by atoms with Crippen LogP contribution in [0.25, 0.3) is 17.1 Å². The highest BCUT2D eigenvalue weighted by molar-refractivity contribution is 5.89. The lowest BCUT2D eigenvalue weighted by Crippen LogP contribution is -2.46. The standard InChI is InChI=1S/C30H33N5O2/c36-29(31-23-26-10-5-2-6-11-26)35-28-22-25(13-14-27(28)32-30(35)37)15-17-34-20-18-33(19-21-34)16-7-12-24-8-3-1-4-9-24/h1-14,22H,15-21,23H2,(H,31,36)(H,32,37). The molecule has 5 rings (SSSR count). The Morgan fingerprint density at radius 1 is 0.865 bits per heavy atom. The smallest absolute Gasteiger partial charge is 0.333 e. The molecule has 0 atom stereocenters. The lowest BCUT2D eigenvalue weighted by Gasteiger charge is -2.34. The molecule has 1 aliphatic heterocycles. The number of carbonyl (C=O) groups excluding carboxylic acids is 1. The summed E-state index contributed by atoms with van der Waals surface area (Å²) in [4.78, 5) is 33.1. The molecule has 1 fully saturated rings. The zero-order valence-corrected chi connectivity index (χ0v) is 21.0. The molecule has 1 aromatic heterocycles. The summed E-state index contributed by atoms with van der Waals surface area (Å²) in [6.45, 7) is 6.47. The number of nitrogens with zero attached hydrogens (tertiary/aromatic N) is 3. The fourth-order valence-corrected chi connectivity index (χ4v) is 4.74. The van der Waals surface area contributed by atoms with Gasteiger partial charge in [-0.1, -0.05) is 78.9 Å². The van der Waals surface area contributed by atoms with Crippen molar-refractivity contribution in [2.24, 2.45) is 0 Å². The highest BCUT2D eigenvalue weighted by Crippen LogP contribution is 2.15. The largest absolute Gasteiger partial charge is 0.334 e. The van der Waals surface area contributed by atoms with Crippen molar-refractivity contribution >= 4 is 23.1 Å². The number of amides is 1. The van der Waals surface area contributed by atoms with Gasteiger partial charge in [-0.15, -0.1) is 0 Å². The lowest BCUT2D eigenvalue weighted by molar-refractivity contribution is 0.144. The van der Waals surface area contributed by atoms with E-state index in [1.54, 1.807) is 0 Å². The van der Waals surface area contributed by atoms with Gasteiger partial charge in [-0.3, -0.25) is 4.90 Å². The van der Waals surface area contributed by atoms with Crippen LogP contribution in [-0.4, -0.2) is 64.7 Å². The summed E-state index contributed by atoms with van der Waals surface area (Å²) in [6.07, 6.45) is 5.30. The SMILES string of the molecule is O=C(NCc1ccccc1)n1c(=O)[nH]c2ccc(CCN3CCN(CC=Cc4ccccc4)CC3)cc21. The summed E-state index contributed by atoms with van der Waals surface area (Å²) in [5, 5.41) is 2.85. The quantitative estimate of drug-likeness (QED) is 0.388. The maximum absolute atomic E-state index is 12.8. The monoisotopic (exact) mass is 495 g/mol. The Bertz CT molecular complexity index is 1400. The van der Waals surface area contributed by atoms with Gasteiger partial charge in [-0.05, 0) is 35.2 Å². The zero-order valence-electron chi connectivity index (χ0n) is 21.0. The minimum Gasteiger partial charge on any atom is -0.333 e. The summed E-state index contributed by atoms with van der Waals surface area (Å²) in [6, 6.07) is 25.5. The Hall–Kier alpha value is -3.94. The Kier molecular flexibility index (Phi) is 7.93. The predicted molar refractivity (Wildman–Crippen MR) is 149 cm³/mol. The first-order valence-corrected chi connectivity index (χ1v) is 12.9. The van der Waals surface area contributed by atoms with Crippen LogP contribution in [0.15, 0.2) is 89.7 Å². The number of H-pyrrole nitrogens is 1. The van der Waals surface area contributed by atoms with Crippen LogP contribution in [0.1, 0.15) is 16.7 Å². The molecule has 0 spiro atoms. The number of benzene rings is 3. The molecule has 0 radical (unpaired) electrons. The molecule has 1 amide bonds. The maximum Gasteiger partial charge on any atom is 0.334 e. The number of imidazole rings is 1. The summed E-state index contributed by atoms with van der Waals surface area (Å²) in [7, 11) is 0. The van der Waals surface area contributed by atoms with Crippen molar-refractivity contribution in [2.75, 3.05) is 39.3 Å². The number of fused-ring (bicyclic) bond motifs is 1. The van der Waals surface area contributed by atoms with Crippen molar-refractivity contribution < 1.29 is 4.79 Å². The number of nitrogens with one attached hydrogen (secondary N) is 2. The molecule has 2 N–H and O–H groups in total. The molecular weight excluding hydrogens is 462 g/mol. The number of piperazine rings is 1. The van der Waals surface area contributed by atoms with Crippen LogP contribution < -0.4 is 11.0 Å². The Labute approximate surface area is 217 Å². The number of aromatic amines is 1. The van der Waals surface area contributed by atoms with E-state index < -0.39 is 11.7 Å². The van der Waals surface area contributed by atoms with Gasteiger partial charge in [0.1, 0.15) is 0 Å². The predicted octanol–water partition coefficient (Wildman–Crippen LogP) is 3.96. The van der Waals surface area contributed by atoms with Gasteiger partial charge in [0, 0.05) is 45.8 Å². The molecule has 0 aliphatic carbocycles. The van der Waals surface area contributed by atoms with Crippen LogP contribution >= 0.6 is 0 Å². The van der Waals surface area contributed by atoms with E-state index in [9.17, 15) is 9.59 Å². The first kappa shape index (κ1) is 24.7. The topological polar surface area (TPSA) is 73.4 Å². The number of hydrogen-bond acceptors (Lipinski definition) is 4. The van der Waals surface area contributed by atoms with Crippen molar-refractivity contribution in [1.29, 1.82) is 0 Å². The van der Waals surface area contributed by atoms with Crippen LogP contribution in [0.5, 0.6) is 0 Å². The van der Waals surface area contributed by atoms with Gasteiger partial charge in [0.15, 0.2) is 0 Å². The molecule has 7 nitrogen and oxygen atoms in total. The second kappa shape index (κ2) is 11.9. The molecule has 7 heteroatoms. The molecule has 0 bridgehead atoms. The number of hydrogen-bond donors (Lipinski definition) is 2. The molecule has 0 saturated carbocycles. The zero-order chi connectivity index (χ0) is 25.5. The Morgan fingerprint density at radius 3 is 2.32 bits per heavy atom. The van der Waals surface area contributed by atoms with E-state index in [0.717, 1.165) is 56.8 Å². The first-order valence-electron chi connectivity index (χ1n) is 12.9. The highest BCUT2D eigenvalue weighted by Gasteiger charge is 2.17. The number of carbonyl (C=O) groups is 1. The van der Waals surface area contributed by atoms with Crippen LogP contribution in [0.4, 0.5) is 4.79 Å². The van der Waals surface area contributed by atoms with E-state index in [1.165, 1.54) is 10.1 Å². The molecule has 190 valence electrons. The minimum absolute atomic E-state index is 0.368. The van der Waals surface area contributed by atoms with Gasteiger partial charge < -0.3 is 15.2 Å². The minimum atomic E-state index is -0.422. The third-order valence-corrected chi connectivity index (χ3v) is 6.89. The van der Waals surface area contributed by atoms with E-state index in [0.29, 0.717) is 17.6 Å². The van der Waals surface area contributed by atoms with E-state index >= 15 is 0 Å². The van der Waals surface area contributed by atoms with Crippen molar-refractivity contribution in [2.45, 2.75) is 13.0 Å². The molecule has 0 unspecified atom stereocenters. The van der Waals surface area contributed by atoms with E-state index in [1.807, 2.05) is 54.6 Å². The molecule has 1 aliphatic rings. The molecular formula is C30H33N5O2. The summed E-state index contributed by atoms with van der Waals surface area (Å²) in [5.74, 6) is 0. The normalized spacial score (nSPS) is 14.9. The molecule has 3 aromatic carbocycles. The van der Waals surface area contributed by atoms with E-state index in [-0.39, 0.29) is 0 Å². The van der Waals surface area contributed by atoms with Gasteiger partial charge in [0.05, 0.1) is 11.0 Å². The fourth-order valence-electron chi connectivity index (χ4n) is 4.74. The summed E-state index contributed by atoms with van der Waals surface area (Å²) >= 11 is 0. The van der Waals surface area contributed by atoms with Gasteiger partial charge >= 0.3 is 11.7 Å². The molecule has 37 heavy (non-hydrogen) atoms. The lowest BCUT2D eigenvalue weighted by atomic mass is 10.1. The van der Waals surface area contributed by atoms with Gasteiger partial charge in [0.25, 0.3) is 0 Å². The highest BCUT2D eigenvalue weighted by atomic mass is 16.2. The second-order valence-electron chi connectivity index (χ2n) is 9.47. The Morgan fingerprint density at radius 2 is 1.57 bits per heavy atom. The van der Waals surface area contributed by atoms with Crippen LogP contribution in [-0.2, 0) is 13.0 Å². The molecule has 1 saturated heterocycles. The number of aromatic nitrogens is 2. The molecule has 2 heterocycles. The molecule has 4 aromatic rings. The second-order valence-corrected chi connectivity index (χ2v) is 9.47. The van der Waals surface area contributed by atoms with Gasteiger partial charge in [0.2, 0.25) is 0 Å². The van der Waals surface area contributed by atoms with Crippen molar-refractivity contribution in [1.82, 2.24) is 24.7 Å². The average Bonchev–Trinajstić information content (AvgIpc) is 3.27. The van der Waals surface area contributed by atoms with Crippen molar-refractivity contribution in [3.63, 3.8) is 0 Å². The van der Waals surface area contributed by atoms with Crippen molar-refractivity contribution in [3.05, 3.63) is 112 Å². The summed E-state index contributed by atoms with van der Waals surface area (Å²) in [5.41, 5.74) is 4.19. The average molecular weight is 496 g/mol. The third kappa shape index (κ3) is 6.44. The first-order chi connectivity index (χ1) is 18.2. The van der Waals surface area contributed by atoms with E-state index in [4.69, 9.17) is 0 Å². The maximum atomic E-state index is 12.8. The van der Waals surface area contributed by atoms with E-state index in [2.05, 4.69) is 56.5 Å².